The lowest BCUT2D eigenvalue weighted by Crippen LogP contribution is -2.11. The number of carbonyl (C=O) groups is 1. The number of aryl methyl sites for hydroxylation is 2. The zero-order valence-corrected chi connectivity index (χ0v) is 8.95. The largest absolute Gasteiger partial charge is 0.461 e. The molecule has 0 atom stereocenters. The second kappa shape index (κ2) is 4.43. The van der Waals surface area contributed by atoms with Crippen molar-refractivity contribution in [2.75, 3.05) is 6.61 Å². The summed E-state index contributed by atoms with van der Waals surface area (Å²) in [7, 11) is 0. The third-order valence-electron chi connectivity index (χ3n) is 2.71. The van der Waals surface area contributed by atoms with E-state index < -0.39 is 0 Å². The lowest BCUT2D eigenvalue weighted by molar-refractivity contribution is 0.0519. The van der Waals surface area contributed by atoms with Crippen LogP contribution in [0.25, 0.3) is 0 Å². The topological polar surface area (TPSA) is 39.2 Å². The summed E-state index contributed by atoms with van der Waals surface area (Å²) in [5.41, 5.74) is 2.99. The van der Waals surface area contributed by atoms with Crippen molar-refractivity contribution >= 4 is 5.97 Å². The maximum absolute atomic E-state index is 11.4. The van der Waals surface area contributed by atoms with E-state index in [0.717, 1.165) is 12.8 Å². The van der Waals surface area contributed by atoms with Crippen molar-refractivity contribution in [2.24, 2.45) is 0 Å². The first-order chi connectivity index (χ1) is 7.31. The van der Waals surface area contributed by atoms with Crippen LogP contribution in [-0.4, -0.2) is 17.6 Å². The van der Waals surface area contributed by atoms with Crippen molar-refractivity contribution in [3.05, 3.63) is 29.1 Å². The highest BCUT2D eigenvalue weighted by Crippen LogP contribution is 2.20. The second-order valence-electron chi connectivity index (χ2n) is 3.77. The van der Waals surface area contributed by atoms with Gasteiger partial charge in [0.25, 0.3) is 0 Å². The van der Waals surface area contributed by atoms with Gasteiger partial charge in [0.2, 0.25) is 0 Å². The van der Waals surface area contributed by atoms with Crippen molar-refractivity contribution in [1.29, 1.82) is 0 Å². The number of nitrogens with zero attached hydrogens (tertiary/aromatic N) is 1. The zero-order chi connectivity index (χ0) is 10.7. The van der Waals surface area contributed by atoms with Gasteiger partial charge >= 0.3 is 5.97 Å². The Balaban J connectivity index is 2.24. The van der Waals surface area contributed by atoms with Gasteiger partial charge < -0.3 is 4.74 Å². The first-order valence-corrected chi connectivity index (χ1v) is 5.46. The normalized spacial score (nSPS) is 14.5. The van der Waals surface area contributed by atoms with Gasteiger partial charge in [-0.1, -0.05) is 0 Å². The number of fused-ring (bicyclic) bond motifs is 1. The van der Waals surface area contributed by atoms with Crippen LogP contribution < -0.4 is 0 Å². The summed E-state index contributed by atoms with van der Waals surface area (Å²) in [5, 5.41) is 0. The van der Waals surface area contributed by atoms with Crippen LogP contribution in [-0.2, 0) is 17.6 Å². The fourth-order valence-electron chi connectivity index (χ4n) is 1.93. The average Bonchev–Trinajstić information content (AvgIpc) is 2.29. The summed E-state index contributed by atoms with van der Waals surface area (Å²) in [6.45, 7) is 2.20. The minimum absolute atomic E-state index is 0.314. The fraction of sp³-hybridized carbons (Fsp3) is 0.500. The molecule has 0 saturated heterocycles. The number of rotatable bonds is 2. The van der Waals surface area contributed by atoms with Gasteiger partial charge in [-0.3, -0.25) is 0 Å². The molecule has 3 nitrogen and oxygen atoms in total. The summed E-state index contributed by atoms with van der Waals surface area (Å²) < 4.78 is 4.92. The van der Waals surface area contributed by atoms with Crippen molar-refractivity contribution in [2.45, 2.75) is 32.6 Å². The maximum Gasteiger partial charge on any atom is 0.356 e. The van der Waals surface area contributed by atoms with Gasteiger partial charge in [0.1, 0.15) is 5.69 Å². The number of hydrogen-bond donors (Lipinski definition) is 0. The van der Waals surface area contributed by atoms with Crippen molar-refractivity contribution in [3.63, 3.8) is 0 Å². The Morgan fingerprint density at radius 1 is 1.40 bits per heavy atom. The van der Waals surface area contributed by atoms with Crippen LogP contribution in [0.5, 0.6) is 0 Å². The monoisotopic (exact) mass is 205 g/mol. The van der Waals surface area contributed by atoms with Crippen molar-refractivity contribution < 1.29 is 9.53 Å². The molecule has 0 saturated carbocycles. The lowest BCUT2D eigenvalue weighted by atomic mass is 9.93. The number of hydrogen-bond acceptors (Lipinski definition) is 3. The Labute approximate surface area is 89.5 Å². The molecule has 1 heterocycles. The molecule has 3 heteroatoms. The van der Waals surface area contributed by atoms with Crippen LogP contribution in [0.3, 0.4) is 0 Å². The standard InChI is InChI=1S/C12H15NO2/c1-2-15-12(14)11-7-9-5-3-4-6-10(9)8-13-11/h7-8H,2-6H2,1H3. The summed E-state index contributed by atoms with van der Waals surface area (Å²) in [6, 6.07) is 1.88. The van der Waals surface area contributed by atoms with Crippen LogP contribution in [0.1, 0.15) is 41.4 Å². The predicted molar refractivity (Wildman–Crippen MR) is 56.8 cm³/mol. The van der Waals surface area contributed by atoms with Gasteiger partial charge in [-0.15, -0.1) is 0 Å². The van der Waals surface area contributed by atoms with E-state index in [-0.39, 0.29) is 5.97 Å². The maximum atomic E-state index is 11.4. The van der Waals surface area contributed by atoms with Crippen LogP contribution in [0.15, 0.2) is 12.3 Å². The molecule has 0 unspecified atom stereocenters. The minimum atomic E-state index is -0.314. The first kappa shape index (κ1) is 10.1. The summed E-state index contributed by atoms with van der Waals surface area (Å²) >= 11 is 0. The molecule has 0 radical (unpaired) electrons. The molecule has 0 aliphatic heterocycles. The highest BCUT2D eigenvalue weighted by molar-refractivity contribution is 5.87. The molecule has 2 rings (SSSR count). The van der Waals surface area contributed by atoms with E-state index in [1.165, 1.54) is 24.0 Å². The molecule has 1 aliphatic carbocycles. The smallest absolute Gasteiger partial charge is 0.356 e. The van der Waals surface area contributed by atoms with Gasteiger partial charge in [-0.05, 0) is 49.8 Å². The Hall–Kier alpha value is -1.38. The van der Waals surface area contributed by atoms with E-state index in [9.17, 15) is 4.79 Å². The molecule has 15 heavy (non-hydrogen) atoms. The number of ether oxygens (including phenoxy) is 1. The fourth-order valence-corrected chi connectivity index (χ4v) is 1.93. The SMILES string of the molecule is CCOC(=O)c1cc2c(cn1)CCCC2. The van der Waals surface area contributed by atoms with E-state index in [1.54, 1.807) is 6.92 Å². The van der Waals surface area contributed by atoms with Crippen LogP contribution in [0, 0.1) is 0 Å². The summed E-state index contributed by atoms with van der Waals surface area (Å²) in [4.78, 5) is 15.6. The van der Waals surface area contributed by atoms with Gasteiger partial charge in [0.15, 0.2) is 0 Å². The Bertz CT molecular complexity index is 374. The molecule has 0 N–H and O–H groups in total. The molecule has 0 spiro atoms. The van der Waals surface area contributed by atoms with Crippen LogP contribution >= 0.6 is 0 Å². The third kappa shape index (κ3) is 2.17. The molecule has 0 amide bonds. The van der Waals surface area contributed by atoms with Gasteiger partial charge in [-0.25, -0.2) is 9.78 Å². The minimum Gasteiger partial charge on any atom is -0.461 e. The average molecular weight is 205 g/mol. The van der Waals surface area contributed by atoms with Crippen LogP contribution in [0.2, 0.25) is 0 Å². The highest BCUT2D eigenvalue weighted by Gasteiger charge is 2.14. The van der Waals surface area contributed by atoms with E-state index in [2.05, 4.69) is 4.98 Å². The molecule has 0 aromatic carbocycles. The van der Waals surface area contributed by atoms with Crippen LogP contribution in [0.4, 0.5) is 0 Å². The van der Waals surface area contributed by atoms with E-state index in [4.69, 9.17) is 4.74 Å². The summed E-state index contributed by atoms with van der Waals surface area (Å²) in [6.07, 6.45) is 6.41. The third-order valence-corrected chi connectivity index (χ3v) is 2.71. The number of carbonyl (C=O) groups excluding carboxylic acids is 1. The van der Waals surface area contributed by atoms with Crippen molar-refractivity contribution in [3.8, 4) is 0 Å². The summed E-state index contributed by atoms with van der Waals surface area (Å²) in [5.74, 6) is -0.314. The molecule has 80 valence electrons. The van der Waals surface area contributed by atoms with Gasteiger partial charge in [-0.2, -0.15) is 0 Å². The quantitative estimate of drug-likeness (QED) is 0.694. The molecule has 0 bridgehead atoms. The van der Waals surface area contributed by atoms with Gasteiger partial charge in [0.05, 0.1) is 6.61 Å². The molecule has 1 aromatic rings. The predicted octanol–water partition coefficient (Wildman–Crippen LogP) is 2.14. The molecule has 1 aromatic heterocycles. The Morgan fingerprint density at radius 3 is 2.87 bits per heavy atom. The van der Waals surface area contributed by atoms with Crippen molar-refractivity contribution in [1.82, 2.24) is 4.98 Å². The number of pyridine rings is 1. The molecular formula is C12H15NO2. The lowest BCUT2D eigenvalue weighted by Gasteiger charge is -2.15. The Morgan fingerprint density at radius 2 is 2.13 bits per heavy atom. The molecule has 0 fully saturated rings. The molecular weight excluding hydrogens is 190 g/mol. The number of aromatic nitrogens is 1. The molecule has 1 aliphatic rings. The number of esters is 1. The van der Waals surface area contributed by atoms with E-state index in [1.807, 2.05) is 12.3 Å². The highest BCUT2D eigenvalue weighted by atomic mass is 16.5. The van der Waals surface area contributed by atoms with Gasteiger partial charge in [0, 0.05) is 6.20 Å². The van der Waals surface area contributed by atoms with E-state index in [0.29, 0.717) is 12.3 Å². The first-order valence-electron chi connectivity index (χ1n) is 5.46. The zero-order valence-electron chi connectivity index (χ0n) is 8.95. The second-order valence-corrected chi connectivity index (χ2v) is 3.77. The Kier molecular flexibility index (Phi) is 2.99. The van der Waals surface area contributed by atoms with E-state index >= 15 is 0 Å².